The van der Waals surface area contributed by atoms with E-state index in [2.05, 4.69) is 17.3 Å². The molecule has 1 aliphatic heterocycles. The lowest BCUT2D eigenvalue weighted by Gasteiger charge is -2.36. The molecule has 1 aromatic carbocycles. The molecule has 0 fully saturated rings. The minimum Gasteiger partial charge on any atom is -0.489 e. The van der Waals surface area contributed by atoms with Crippen LogP contribution >= 0.6 is 11.6 Å². The van der Waals surface area contributed by atoms with Gasteiger partial charge >= 0.3 is 0 Å². The van der Waals surface area contributed by atoms with Crippen LogP contribution in [-0.4, -0.2) is 33.3 Å². The van der Waals surface area contributed by atoms with E-state index in [-0.39, 0.29) is 0 Å². The monoisotopic (exact) mass is 254 g/mol. The Kier molecular flexibility index (Phi) is 4.13. The first kappa shape index (κ1) is 12.5. The number of halogens is 1. The van der Waals surface area contributed by atoms with Gasteiger partial charge in [0, 0.05) is 18.1 Å². The van der Waals surface area contributed by atoms with Crippen LogP contribution in [0.2, 0.25) is 5.02 Å². The highest BCUT2D eigenvalue weighted by molar-refractivity contribution is 6.30. The first-order valence-corrected chi connectivity index (χ1v) is 6.40. The van der Waals surface area contributed by atoms with Crippen molar-refractivity contribution in [2.75, 3.05) is 32.1 Å². The highest BCUT2D eigenvalue weighted by Gasteiger charge is 2.24. The van der Waals surface area contributed by atoms with Gasteiger partial charge in [-0.05, 0) is 38.6 Å². The molecule has 3 nitrogen and oxygen atoms in total. The van der Waals surface area contributed by atoms with Crippen molar-refractivity contribution in [1.29, 1.82) is 0 Å². The van der Waals surface area contributed by atoms with Crippen molar-refractivity contribution in [3.05, 3.63) is 23.2 Å². The van der Waals surface area contributed by atoms with Gasteiger partial charge in [-0.3, -0.25) is 0 Å². The standard InChI is InChI=1S/C13H19ClN2O/c1-15-7-3-4-11-9-17-13-8-10(14)5-6-12(13)16(11)2/h5-6,8,11,15H,3-4,7,9H2,1-2H3. The molecule has 94 valence electrons. The molecule has 1 aromatic rings. The first-order valence-electron chi connectivity index (χ1n) is 6.02. The van der Waals surface area contributed by atoms with Crippen molar-refractivity contribution in [3.8, 4) is 5.75 Å². The summed E-state index contributed by atoms with van der Waals surface area (Å²) in [6, 6.07) is 6.28. The fourth-order valence-corrected chi connectivity index (χ4v) is 2.34. The molecule has 0 spiro atoms. The van der Waals surface area contributed by atoms with Crippen LogP contribution in [0.5, 0.6) is 5.75 Å². The zero-order chi connectivity index (χ0) is 12.3. The third kappa shape index (κ3) is 2.85. The summed E-state index contributed by atoms with van der Waals surface area (Å²) >= 11 is 5.96. The molecular weight excluding hydrogens is 236 g/mol. The maximum absolute atomic E-state index is 5.96. The first-order chi connectivity index (χ1) is 8.22. The Morgan fingerprint density at radius 3 is 3.12 bits per heavy atom. The molecule has 17 heavy (non-hydrogen) atoms. The van der Waals surface area contributed by atoms with Crippen molar-refractivity contribution < 1.29 is 4.74 Å². The van der Waals surface area contributed by atoms with Crippen LogP contribution in [0, 0.1) is 0 Å². The summed E-state index contributed by atoms with van der Waals surface area (Å²) in [7, 11) is 4.11. The van der Waals surface area contributed by atoms with Gasteiger partial charge in [-0.2, -0.15) is 0 Å². The van der Waals surface area contributed by atoms with Crippen molar-refractivity contribution >= 4 is 17.3 Å². The lowest BCUT2D eigenvalue weighted by atomic mass is 10.1. The quantitative estimate of drug-likeness (QED) is 0.836. The number of hydrogen-bond acceptors (Lipinski definition) is 3. The van der Waals surface area contributed by atoms with Gasteiger partial charge in [-0.15, -0.1) is 0 Å². The largest absolute Gasteiger partial charge is 0.489 e. The van der Waals surface area contributed by atoms with Crippen molar-refractivity contribution in [2.24, 2.45) is 0 Å². The maximum atomic E-state index is 5.96. The highest BCUT2D eigenvalue weighted by Crippen LogP contribution is 2.35. The summed E-state index contributed by atoms with van der Waals surface area (Å²) in [5.41, 5.74) is 1.13. The molecule has 2 rings (SSSR count). The molecule has 1 unspecified atom stereocenters. The summed E-state index contributed by atoms with van der Waals surface area (Å²) in [6.07, 6.45) is 2.30. The summed E-state index contributed by atoms with van der Waals surface area (Å²) in [5, 5.41) is 3.90. The fraction of sp³-hybridized carbons (Fsp3) is 0.538. The molecule has 4 heteroatoms. The molecule has 1 N–H and O–H groups in total. The van der Waals surface area contributed by atoms with Crippen LogP contribution in [-0.2, 0) is 0 Å². The van der Waals surface area contributed by atoms with Crippen LogP contribution in [0.4, 0.5) is 5.69 Å². The Morgan fingerprint density at radius 1 is 1.53 bits per heavy atom. The lowest BCUT2D eigenvalue weighted by Crippen LogP contribution is -2.40. The summed E-state index contributed by atoms with van der Waals surface area (Å²) in [6.45, 7) is 1.80. The smallest absolute Gasteiger partial charge is 0.144 e. The summed E-state index contributed by atoms with van der Waals surface area (Å²) in [5.74, 6) is 0.893. The third-order valence-corrected chi connectivity index (χ3v) is 3.48. The van der Waals surface area contributed by atoms with E-state index in [1.165, 1.54) is 0 Å². The Labute approximate surface area is 108 Å². The topological polar surface area (TPSA) is 24.5 Å². The molecule has 0 bridgehead atoms. The Morgan fingerprint density at radius 2 is 2.35 bits per heavy atom. The average molecular weight is 255 g/mol. The van der Waals surface area contributed by atoms with E-state index in [1.807, 2.05) is 25.2 Å². The molecule has 0 aliphatic carbocycles. The number of ether oxygens (including phenoxy) is 1. The Hall–Kier alpha value is -0.930. The van der Waals surface area contributed by atoms with E-state index in [1.54, 1.807) is 0 Å². The molecule has 1 aliphatic rings. The molecule has 0 saturated heterocycles. The fourth-order valence-electron chi connectivity index (χ4n) is 2.18. The second kappa shape index (κ2) is 5.61. The number of hydrogen-bond donors (Lipinski definition) is 1. The number of anilines is 1. The van der Waals surface area contributed by atoms with E-state index in [0.29, 0.717) is 6.04 Å². The maximum Gasteiger partial charge on any atom is 0.144 e. The molecule has 0 aromatic heterocycles. The Balaban J connectivity index is 2.05. The number of nitrogens with one attached hydrogen (secondary N) is 1. The average Bonchev–Trinajstić information content (AvgIpc) is 2.32. The molecule has 1 atom stereocenters. The minimum atomic E-state index is 0.456. The van der Waals surface area contributed by atoms with Crippen LogP contribution in [0.15, 0.2) is 18.2 Å². The molecule has 0 saturated carbocycles. The summed E-state index contributed by atoms with van der Waals surface area (Å²) in [4.78, 5) is 2.30. The zero-order valence-electron chi connectivity index (χ0n) is 10.4. The third-order valence-electron chi connectivity index (χ3n) is 3.24. The molecule has 0 radical (unpaired) electrons. The number of likely N-dealkylation sites (N-methyl/N-ethyl adjacent to an activating group) is 1. The van der Waals surface area contributed by atoms with Gasteiger partial charge in [0.05, 0.1) is 11.7 Å². The highest BCUT2D eigenvalue weighted by atomic mass is 35.5. The van der Waals surface area contributed by atoms with Crippen molar-refractivity contribution in [3.63, 3.8) is 0 Å². The van der Waals surface area contributed by atoms with Crippen LogP contribution in [0.3, 0.4) is 0 Å². The van der Waals surface area contributed by atoms with E-state index in [9.17, 15) is 0 Å². The van der Waals surface area contributed by atoms with Gasteiger partial charge in [-0.25, -0.2) is 0 Å². The van der Waals surface area contributed by atoms with Gasteiger partial charge in [0.15, 0.2) is 0 Å². The zero-order valence-corrected chi connectivity index (χ0v) is 11.1. The van der Waals surface area contributed by atoms with Gasteiger partial charge in [0.25, 0.3) is 0 Å². The van der Waals surface area contributed by atoms with E-state index in [4.69, 9.17) is 16.3 Å². The number of fused-ring (bicyclic) bond motifs is 1. The SMILES string of the molecule is CNCCCC1COc2cc(Cl)ccc2N1C. The molecule has 0 amide bonds. The molecule has 1 heterocycles. The van der Waals surface area contributed by atoms with Gasteiger partial charge in [0.2, 0.25) is 0 Å². The molecular formula is C13H19ClN2O. The van der Waals surface area contributed by atoms with Crippen LogP contribution in [0.1, 0.15) is 12.8 Å². The Bertz CT molecular complexity index is 384. The van der Waals surface area contributed by atoms with Crippen molar-refractivity contribution in [2.45, 2.75) is 18.9 Å². The predicted octanol–water partition coefficient (Wildman–Crippen LogP) is 2.54. The van der Waals surface area contributed by atoms with Gasteiger partial charge < -0.3 is 15.0 Å². The predicted molar refractivity (Wildman–Crippen MR) is 72.3 cm³/mol. The van der Waals surface area contributed by atoms with Crippen LogP contribution in [0.25, 0.3) is 0 Å². The second-order valence-corrected chi connectivity index (χ2v) is 4.87. The number of rotatable bonds is 4. The van der Waals surface area contributed by atoms with Gasteiger partial charge in [0.1, 0.15) is 12.4 Å². The van der Waals surface area contributed by atoms with Crippen molar-refractivity contribution in [1.82, 2.24) is 5.32 Å². The number of nitrogens with zero attached hydrogens (tertiary/aromatic N) is 1. The van der Waals surface area contributed by atoms with E-state index in [0.717, 1.165) is 42.5 Å². The summed E-state index contributed by atoms with van der Waals surface area (Å²) < 4.78 is 5.77. The second-order valence-electron chi connectivity index (χ2n) is 4.43. The van der Waals surface area contributed by atoms with Gasteiger partial charge in [-0.1, -0.05) is 11.6 Å². The van der Waals surface area contributed by atoms with E-state index < -0.39 is 0 Å². The number of benzene rings is 1. The normalized spacial score (nSPS) is 18.8. The minimum absolute atomic E-state index is 0.456. The van der Waals surface area contributed by atoms with E-state index >= 15 is 0 Å². The lowest BCUT2D eigenvalue weighted by molar-refractivity contribution is 0.258. The van der Waals surface area contributed by atoms with Crippen LogP contribution < -0.4 is 15.0 Å².